The summed E-state index contributed by atoms with van der Waals surface area (Å²) in [7, 11) is -3.97. The van der Waals surface area contributed by atoms with Crippen molar-refractivity contribution in [3.05, 3.63) is 84.2 Å². The van der Waals surface area contributed by atoms with Crippen LogP contribution in [0.5, 0.6) is 0 Å². The first-order chi connectivity index (χ1) is 20.7. The topological polar surface area (TPSA) is 92.4 Å². The summed E-state index contributed by atoms with van der Waals surface area (Å²) in [4.78, 5) is 12.5. The number of carbonyl (C=O) groups excluding carboxylic acids is 1. The second-order valence-corrected chi connectivity index (χ2v) is 12.7. The predicted octanol–water partition coefficient (Wildman–Crippen LogP) is 6.88. The van der Waals surface area contributed by atoms with Crippen molar-refractivity contribution in [3.8, 4) is 11.1 Å². The van der Waals surface area contributed by atoms with Gasteiger partial charge >= 0.3 is 5.97 Å². The van der Waals surface area contributed by atoms with Crippen LogP contribution in [0.1, 0.15) is 61.6 Å². The maximum absolute atomic E-state index is 15.2. The number of nitrogens with zero attached hydrogens (tertiary/aromatic N) is 3. The summed E-state index contributed by atoms with van der Waals surface area (Å²) in [6.07, 6.45) is 1.93. The Morgan fingerprint density at radius 3 is 2.40 bits per heavy atom. The lowest BCUT2D eigenvalue weighted by molar-refractivity contribution is 0.0526. The molecular formula is C33H34FN3O5S. The number of ether oxygens (including phenoxy) is 2. The smallest absolute Gasteiger partial charge is 0.338 e. The van der Waals surface area contributed by atoms with E-state index in [-0.39, 0.29) is 17.4 Å². The molecule has 43 heavy (non-hydrogen) atoms. The number of carbonyl (C=O) groups is 1. The van der Waals surface area contributed by atoms with Crippen LogP contribution in [0.25, 0.3) is 32.9 Å². The lowest BCUT2D eigenvalue weighted by Crippen LogP contribution is -2.22. The van der Waals surface area contributed by atoms with Gasteiger partial charge in [0.25, 0.3) is 10.0 Å². The molecule has 224 valence electrons. The van der Waals surface area contributed by atoms with Gasteiger partial charge in [0, 0.05) is 41.2 Å². The van der Waals surface area contributed by atoms with Gasteiger partial charge in [-0.05, 0) is 75.6 Å². The summed E-state index contributed by atoms with van der Waals surface area (Å²) in [5.74, 6) is -0.313. The molecule has 0 N–H and O–H groups in total. The molecule has 1 aliphatic heterocycles. The zero-order chi connectivity index (χ0) is 30.3. The summed E-state index contributed by atoms with van der Waals surface area (Å²) in [5.41, 5.74) is 4.37. The van der Waals surface area contributed by atoms with Gasteiger partial charge in [-0.2, -0.15) is 17.6 Å². The van der Waals surface area contributed by atoms with Gasteiger partial charge in [-0.15, -0.1) is 0 Å². The molecule has 0 aliphatic carbocycles. The van der Waals surface area contributed by atoms with Gasteiger partial charge in [0.2, 0.25) is 0 Å². The van der Waals surface area contributed by atoms with Crippen LogP contribution in [-0.2, 0) is 19.5 Å². The average molecular weight is 604 g/mol. The number of hydrogen-bond donors (Lipinski definition) is 0. The fourth-order valence-electron chi connectivity index (χ4n) is 6.02. The molecule has 3 aromatic carbocycles. The van der Waals surface area contributed by atoms with Gasteiger partial charge in [0.05, 0.1) is 40.3 Å². The Labute approximate surface area is 250 Å². The molecule has 0 amide bonds. The minimum atomic E-state index is -3.97. The Balaban J connectivity index is 1.65. The molecule has 0 spiro atoms. The first kappa shape index (κ1) is 29.1. The van der Waals surface area contributed by atoms with Crippen molar-refractivity contribution in [1.29, 1.82) is 0 Å². The van der Waals surface area contributed by atoms with Gasteiger partial charge in [-0.3, -0.25) is 0 Å². The molecule has 0 radical (unpaired) electrons. The highest BCUT2D eigenvalue weighted by atomic mass is 32.2. The van der Waals surface area contributed by atoms with E-state index in [0.29, 0.717) is 29.7 Å². The highest BCUT2D eigenvalue weighted by Gasteiger charge is 2.31. The fraction of sp³-hybridized carbons (Fsp3) is 0.333. The number of rotatable bonds is 8. The third kappa shape index (κ3) is 5.12. The first-order valence-corrected chi connectivity index (χ1v) is 16.0. The van der Waals surface area contributed by atoms with Crippen LogP contribution in [0.15, 0.2) is 77.8 Å². The van der Waals surface area contributed by atoms with E-state index in [0.717, 1.165) is 44.7 Å². The molecular weight excluding hydrogens is 569 g/mol. The zero-order valence-corrected chi connectivity index (χ0v) is 25.2. The molecule has 3 heterocycles. The van der Waals surface area contributed by atoms with Gasteiger partial charge in [0.1, 0.15) is 6.17 Å². The van der Waals surface area contributed by atoms with Crippen LogP contribution in [-0.4, -0.2) is 54.1 Å². The van der Waals surface area contributed by atoms with E-state index in [1.807, 2.05) is 31.2 Å². The monoisotopic (exact) mass is 603 g/mol. The molecule has 1 fully saturated rings. The molecule has 5 aromatic rings. The number of hydrogen-bond acceptors (Lipinski definition) is 6. The second-order valence-electron chi connectivity index (χ2n) is 11.0. The van der Waals surface area contributed by atoms with Gasteiger partial charge in [-0.25, -0.2) is 9.18 Å². The van der Waals surface area contributed by atoms with Crippen molar-refractivity contribution in [2.24, 2.45) is 0 Å². The highest BCUT2D eigenvalue weighted by molar-refractivity contribution is 7.90. The molecule has 1 aliphatic rings. The van der Waals surface area contributed by atoms with Crippen LogP contribution >= 0.6 is 0 Å². The van der Waals surface area contributed by atoms with E-state index in [2.05, 4.69) is 9.67 Å². The van der Waals surface area contributed by atoms with Crippen LogP contribution in [0.3, 0.4) is 0 Å². The first-order valence-electron chi connectivity index (χ1n) is 14.6. The van der Waals surface area contributed by atoms with Crippen molar-refractivity contribution < 1.29 is 27.1 Å². The van der Waals surface area contributed by atoms with Crippen LogP contribution in [0.4, 0.5) is 4.39 Å². The maximum Gasteiger partial charge on any atom is 0.338 e. The van der Waals surface area contributed by atoms with Crippen LogP contribution < -0.4 is 0 Å². The van der Waals surface area contributed by atoms with Gasteiger partial charge in [-0.1, -0.05) is 30.3 Å². The Morgan fingerprint density at radius 1 is 1.05 bits per heavy atom. The number of esters is 1. The van der Waals surface area contributed by atoms with E-state index in [1.54, 1.807) is 56.3 Å². The summed E-state index contributed by atoms with van der Waals surface area (Å²) >= 11 is 0. The molecule has 6 rings (SSSR count). The normalized spacial score (nSPS) is 16.0. The Hall–Kier alpha value is -4.02. The number of benzene rings is 3. The minimum absolute atomic E-state index is 0.0924. The molecule has 2 atom stereocenters. The SMILES string of the molecule is CCOC(=O)c1ccc(-c2c(C3CCOCC3)n([C@@H](C)C(C)F)c3cc4cnn(S(=O)(=O)c5ccccc5)c4cc23)cc1. The van der Waals surface area contributed by atoms with E-state index in [9.17, 15) is 13.2 Å². The fourth-order valence-corrected chi connectivity index (χ4v) is 7.31. The van der Waals surface area contributed by atoms with Gasteiger partial charge < -0.3 is 14.0 Å². The Morgan fingerprint density at radius 2 is 1.74 bits per heavy atom. The Bertz CT molecular complexity index is 1890. The predicted molar refractivity (Wildman–Crippen MR) is 164 cm³/mol. The Kier molecular flexibility index (Phi) is 7.83. The quantitative estimate of drug-likeness (QED) is 0.180. The van der Waals surface area contributed by atoms with Crippen molar-refractivity contribution in [2.75, 3.05) is 19.8 Å². The molecule has 10 heteroatoms. The van der Waals surface area contributed by atoms with Crippen molar-refractivity contribution in [2.45, 2.75) is 56.6 Å². The summed E-state index contributed by atoms with van der Waals surface area (Å²) < 4.78 is 56.5. The third-order valence-electron chi connectivity index (χ3n) is 8.33. The molecule has 2 aromatic heterocycles. The number of fused-ring (bicyclic) bond motifs is 2. The second kappa shape index (κ2) is 11.6. The molecule has 0 saturated carbocycles. The van der Waals surface area contributed by atoms with Crippen molar-refractivity contribution >= 4 is 37.8 Å². The van der Waals surface area contributed by atoms with E-state index < -0.39 is 28.2 Å². The largest absolute Gasteiger partial charge is 0.462 e. The van der Waals surface area contributed by atoms with Crippen molar-refractivity contribution in [3.63, 3.8) is 0 Å². The summed E-state index contributed by atoms with van der Waals surface area (Å²) in [6.45, 7) is 6.65. The number of halogens is 1. The highest BCUT2D eigenvalue weighted by Crippen LogP contribution is 2.45. The van der Waals surface area contributed by atoms with Crippen LogP contribution in [0.2, 0.25) is 0 Å². The minimum Gasteiger partial charge on any atom is -0.462 e. The third-order valence-corrected chi connectivity index (χ3v) is 9.94. The van der Waals surface area contributed by atoms with E-state index in [1.165, 1.54) is 6.20 Å². The van der Waals surface area contributed by atoms with Crippen LogP contribution in [0, 0.1) is 0 Å². The zero-order valence-electron chi connectivity index (χ0n) is 24.4. The lowest BCUT2D eigenvalue weighted by Gasteiger charge is -2.28. The lowest BCUT2D eigenvalue weighted by atomic mass is 9.89. The summed E-state index contributed by atoms with van der Waals surface area (Å²) in [6, 6.07) is 18.7. The average Bonchev–Trinajstić information content (AvgIpc) is 3.59. The molecule has 1 saturated heterocycles. The van der Waals surface area contributed by atoms with E-state index >= 15 is 4.39 Å². The number of aromatic nitrogens is 3. The molecule has 0 bridgehead atoms. The molecule has 8 nitrogen and oxygen atoms in total. The standard InChI is InChI=1S/C33H34FN3O5S/c1-4-42-33(38)25-12-10-23(11-13-25)31-28-19-29-26(20-35-37(29)43(39,40)27-8-6-5-7-9-27)18-30(28)36(22(3)21(2)34)32(31)24-14-16-41-17-15-24/h5-13,18-22,24H,4,14-17H2,1-3H3/t21?,22-/m0/s1. The summed E-state index contributed by atoms with van der Waals surface area (Å²) in [5, 5.41) is 5.72. The van der Waals surface area contributed by atoms with Gasteiger partial charge in [0.15, 0.2) is 0 Å². The number of alkyl halides is 1. The maximum atomic E-state index is 15.2. The van der Waals surface area contributed by atoms with E-state index in [4.69, 9.17) is 9.47 Å². The molecule has 1 unspecified atom stereocenters. The van der Waals surface area contributed by atoms with Crippen molar-refractivity contribution in [1.82, 2.24) is 13.8 Å².